The molecule has 0 spiro atoms. The van der Waals surface area contributed by atoms with Gasteiger partial charge in [-0.15, -0.1) is 11.8 Å². The van der Waals surface area contributed by atoms with E-state index in [2.05, 4.69) is 5.16 Å². The summed E-state index contributed by atoms with van der Waals surface area (Å²) in [5, 5.41) is 4.30. The Kier molecular flexibility index (Phi) is 4.63. The Hall–Kier alpha value is -1.55. The molecular formula is C16H16F3NO4S2. The summed E-state index contributed by atoms with van der Waals surface area (Å²) in [4.78, 5) is 17.6. The van der Waals surface area contributed by atoms with Gasteiger partial charge in [-0.25, -0.2) is 8.42 Å². The van der Waals surface area contributed by atoms with E-state index >= 15 is 0 Å². The van der Waals surface area contributed by atoms with Gasteiger partial charge in [0.25, 0.3) is 0 Å². The second kappa shape index (κ2) is 6.26. The fraction of sp³-hybridized carbons (Fsp3) is 0.500. The van der Waals surface area contributed by atoms with Crippen LogP contribution in [0.15, 0.2) is 28.3 Å². The number of oxime groups is 1. The zero-order valence-corrected chi connectivity index (χ0v) is 15.6. The van der Waals surface area contributed by atoms with Gasteiger partial charge in [0.05, 0.1) is 15.9 Å². The van der Waals surface area contributed by atoms with E-state index in [4.69, 9.17) is 4.84 Å². The van der Waals surface area contributed by atoms with Gasteiger partial charge in [0.1, 0.15) is 17.6 Å². The molecule has 142 valence electrons. The third kappa shape index (κ3) is 3.24. The molecule has 1 aromatic carbocycles. The van der Waals surface area contributed by atoms with Gasteiger partial charge in [0, 0.05) is 6.26 Å². The predicted molar refractivity (Wildman–Crippen MR) is 90.9 cm³/mol. The van der Waals surface area contributed by atoms with E-state index in [-0.39, 0.29) is 18.0 Å². The maximum atomic E-state index is 13.1. The lowest BCUT2D eigenvalue weighted by molar-refractivity contribution is -0.137. The van der Waals surface area contributed by atoms with E-state index < -0.39 is 37.8 Å². The number of carbonyl (C=O) groups is 1. The van der Waals surface area contributed by atoms with Crippen molar-refractivity contribution < 1.29 is 31.2 Å². The number of thioether (sulfide) groups is 1. The number of rotatable bonds is 4. The third-order valence-corrected chi connectivity index (χ3v) is 6.58. The first-order chi connectivity index (χ1) is 12.0. The van der Waals surface area contributed by atoms with Crippen LogP contribution in [0.3, 0.4) is 0 Å². The number of ketones is 1. The summed E-state index contributed by atoms with van der Waals surface area (Å²) in [6.45, 7) is 0.0611. The largest absolute Gasteiger partial charge is 0.416 e. The Morgan fingerprint density at radius 1 is 1.35 bits per heavy atom. The van der Waals surface area contributed by atoms with Crippen LogP contribution in [0.2, 0.25) is 0 Å². The van der Waals surface area contributed by atoms with Crippen LogP contribution in [-0.2, 0) is 31.1 Å². The van der Waals surface area contributed by atoms with Gasteiger partial charge in [0.15, 0.2) is 15.6 Å². The Labute approximate surface area is 152 Å². The molecule has 1 aromatic rings. The van der Waals surface area contributed by atoms with Crippen LogP contribution < -0.4 is 0 Å². The Morgan fingerprint density at radius 2 is 2.00 bits per heavy atom. The van der Waals surface area contributed by atoms with Crippen molar-refractivity contribution in [3.8, 4) is 0 Å². The Bertz CT molecular complexity index is 889. The molecule has 0 aromatic heterocycles. The maximum absolute atomic E-state index is 13.1. The molecule has 1 aliphatic carbocycles. The van der Waals surface area contributed by atoms with Crippen LogP contribution in [-0.4, -0.2) is 38.4 Å². The van der Waals surface area contributed by atoms with Crippen LogP contribution in [0.1, 0.15) is 24.0 Å². The van der Waals surface area contributed by atoms with E-state index in [0.29, 0.717) is 24.0 Å². The SMILES string of the molecule is CSC1=NOCC1C(=O)C1(c2ccc(C(F)(F)F)cc2S(C)(=O)=O)CC1. The van der Waals surface area contributed by atoms with Crippen LogP contribution in [0.5, 0.6) is 0 Å². The fourth-order valence-electron chi connectivity index (χ4n) is 3.19. The van der Waals surface area contributed by atoms with Gasteiger partial charge in [0.2, 0.25) is 0 Å². The topological polar surface area (TPSA) is 72.8 Å². The zero-order valence-electron chi connectivity index (χ0n) is 14.0. The van der Waals surface area contributed by atoms with E-state index in [1.165, 1.54) is 11.8 Å². The highest BCUT2D eigenvalue weighted by atomic mass is 32.2. The van der Waals surface area contributed by atoms with E-state index in [0.717, 1.165) is 18.4 Å². The van der Waals surface area contributed by atoms with Crippen LogP contribution in [0.4, 0.5) is 13.2 Å². The zero-order chi connectivity index (χ0) is 19.3. The standard InChI is InChI=1S/C16H16F3NO4S2/c1-25-14-10(8-24-20-14)13(21)15(5-6-15)11-4-3-9(16(17,18)19)7-12(11)26(2,22)23/h3-4,7,10H,5-6,8H2,1-2H3. The average molecular weight is 407 g/mol. The minimum absolute atomic E-state index is 0.0611. The molecule has 1 unspecified atom stereocenters. The summed E-state index contributed by atoms with van der Waals surface area (Å²) in [7, 11) is -3.95. The summed E-state index contributed by atoms with van der Waals surface area (Å²) < 4.78 is 63.3. The molecular weight excluding hydrogens is 391 g/mol. The predicted octanol–water partition coefficient (Wildman–Crippen LogP) is 3.03. The number of halogens is 3. The van der Waals surface area contributed by atoms with Gasteiger partial charge in [-0.3, -0.25) is 4.79 Å². The van der Waals surface area contributed by atoms with E-state index in [9.17, 15) is 26.4 Å². The van der Waals surface area contributed by atoms with E-state index in [1.54, 1.807) is 6.26 Å². The number of hydrogen-bond donors (Lipinski definition) is 0. The molecule has 0 bridgehead atoms. The first kappa shape index (κ1) is 19.2. The van der Waals surface area contributed by atoms with Crippen LogP contribution in [0.25, 0.3) is 0 Å². The van der Waals surface area contributed by atoms with Gasteiger partial charge in [-0.1, -0.05) is 11.2 Å². The number of benzene rings is 1. The molecule has 0 amide bonds. The van der Waals surface area contributed by atoms with Crippen molar-refractivity contribution in [2.75, 3.05) is 19.1 Å². The summed E-state index contributed by atoms with van der Waals surface area (Å²) >= 11 is 1.26. The average Bonchev–Trinajstić information content (AvgIpc) is 3.22. The monoisotopic (exact) mass is 407 g/mol. The molecule has 10 heteroatoms. The lowest BCUT2D eigenvalue weighted by atomic mass is 9.84. The van der Waals surface area contributed by atoms with Gasteiger partial charge in [-0.2, -0.15) is 13.2 Å². The van der Waals surface area contributed by atoms with Crippen molar-refractivity contribution in [1.82, 2.24) is 0 Å². The summed E-state index contributed by atoms with van der Waals surface area (Å²) in [6.07, 6.45) is -1.31. The highest BCUT2D eigenvalue weighted by Gasteiger charge is 2.56. The second-order valence-corrected chi connectivity index (χ2v) is 9.22. The summed E-state index contributed by atoms with van der Waals surface area (Å²) in [5.74, 6) is -0.880. The molecule has 1 aliphatic heterocycles. The molecule has 2 aliphatic rings. The minimum atomic E-state index is -4.67. The molecule has 5 nitrogen and oxygen atoms in total. The minimum Gasteiger partial charge on any atom is -0.394 e. The van der Waals surface area contributed by atoms with Gasteiger partial charge >= 0.3 is 6.18 Å². The van der Waals surface area contributed by atoms with Crippen molar-refractivity contribution in [3.63, 3.8) is 0 Å². The summed E-state index contributed by atoms with van der Waals surface area (Å²) in [5.41, 5.74) is -2.02. The van der Waals surface area contributed by atoms with Crippen LogP contribution in [0, 0.1) is 5.92 Å². The molecule has 0 radical (unpaired) electrons. The Morgan fingerprint density at radius 3 is 2.50 bits per heavy atom. The quantitative estimate of drug-likeness (QED) is 0.767. The molecule has 3 rings (SSSR count). The van der Waals surface area contributed by atoms with Crippen molar-refractivity contribution in [2.24, 2.45) is 11.1 Å². The molecule has 1 saturated carbocycles. The number of Topliss-reactive ketones (excluding diaryl/α,β-unsaturated/α-hetero) is 1. The van der Waals surface area contributed by atoms with Crippen molar-refractivity contribution >= 4 is 32.4 Å². The van der Waals surface area contributed by atoms with Crippen LogP contribution >= 0.6 is 11.8 Å². The number of nitrogens with zero attached hydrogens (tertiary/aromatic N) is 1. The third-order valence-electron chi connectivity index (χ3n) is 4.67. The van der Waals surface area contributed by atoms with Crippen molar-refractivity contribution in [2.45, 2.75) is 29.3 Å². The molecule has 1 heterocycles. The lowest BCUT2D eigenvalue weighted by Crippen LogP contribution is -2.33. The number of sulfone groups is 1. The highest BCUT2D eigenvalue weighted by Crippen LogP contribution is 2.53. The first-order valence-electron chi connectivity index (χ1n) is 7.70. The highest BCUT2D eigenvalue weighted by molar-refractivity contribution is 8.13. The molecule has 0 saturated heterocycles. The molecule has 1 atom stereocenters. The molecule has 0 N–H and O–H groups in total. The molecule has 1 fully saturated rings. The normalized spacial score (nSPS) is 21.9. The number of alkyl halides is 3. The van der Waals surface area contributed by atoms with Crippen molar-refractivity contribution in [1.29, 1.82) is 0 Å². The Balaban J connectivity index is 2.09. The fourth-order valence-corrected chi connectivity index (χ4v) is 4.78. The lowest BCUT2D eigenvalue weighted by Gasteiger charge is -2.22. The van der Waals surface area contributed by atoms with Crippen molar-refractivity contribution in [3.05, 3.63) is 29.3 Å². The second-order valence-electron chi connectivity index (χ2n) is 6.41. The summed E-state index contributed by atoms with van der Waals surface area (Å²) in [6, 6.07) is 2.56. The maximum Gasteiger partial charge on any atom is 0.416 e. The van der Waals surface area contributed by atoms with Gasteiger partial charge in [-0.05, 0) is 36.8 Å². The molecule has 26 heavy (non-hydrogen) atoms. The number of hydrogen-bond acceptors (Lipinski definition) is 6. The number of carbonyl (C=O) groups excluding carboxylic acids is 1. The van der Waals surface area contributed by atoms with Gasteiger partial charge < -0.3 is 4.84 Å². The van der Waals surface area contributed by atoms with E-state index in [1.807, 2.05) is 0 Å². The first-order valence-corrected chi connectivity index (χ1v) is 10.8. The smallest absolute Gasteiger partial charge is 0.394 e.